The number of rotatable bonds is 4. The highest BCUT2D eigenvalue weighted by Crippen LogP contribution is 2.17. The summed E-state index contributed by atoms with van der Waals surface area (Å²) in [5.74, 6) is 0. The summed E-state index contributed by atoms with van der Waals surface area (Å²) in [4.78, 5) is 0. The van der Waals surface area contributed by atoms with Gasteiger partial charge in [-0.25, -0.2) is 0 Å². The Morgan fingerprint density at radius 3 is 2.50 bits per heavy atom. The zero-order valence-electron chi connectivity index (χ0n) is 7.21. The number of ether oxygens (including phenoxy) is 1. The maximum atomic E-state index is 11.7. The molecule has 0 fully saturated rings. The topological polar surface area (TPSA) is 29.5 Å². The number of halogens is 3. The van der Waals surface area contributed by atoms with Crippen LogP contribution >= 0.6 is 15.9 Å². The van der Waals surface area contributed by atoms with Gasteiger partial charge in [0.05, 0.1) is 13.2 Å². The van der Waals surface area contributed by atoms with Crippen LogP contribution < -0.4 is 0 Å². The van der Waals surface area contributed by atoms with E-state index >= 15 is 0 Å². The Balaban J connectivity index is 2.71. The van der Waals surface area contributed by atoms with Gasteiger partial charge in [-0.15, -0.1) is 0 Å². The maximum absolute atomic E-state index is 11.7. The highest BCUT2D eigenvalue weighted by atomic mass is 79.9. The molecule has 0 heterocycles. The molecule has 1 aromatic rings. The Morgan fingerprint density at radius 2 is 1.93 bits per heavy atom. The van der Waals surface area contributed by atoms with E-state index in [1.54, 1.807) is 18.2 Å². The highest BCUT2D eigenvalue weighted by Gasteiger charge is 2.04. The molecule has 1 aromatic carbocycles. The quantitative estimate of drug-likeness (QED) is 0.908. The molecule has 1 rings (SSSR count). The Morgan fingerprint density at radius 1 is 1.29 bits per heavy atom. The Bertz CT molecular complexity index is 305. The first-order valence-electron chi connectivity index (χ1n) is 3.91. The van der Waals surface area contributed by atoms with E-state index in [-0.39, 0.29) is 13.2 Å². The summed E-state index contributed by atoms with van der Waals surface area (Å²) < 4.78 is 28.3. The first-order valence-corrected chi connectivity index (χ1v) is 4.70. The fourth-order valence-electron chi connectivity index (χ4n) is 1.05. The molecule has 1 N–H and O–H groups in total. The van der Waals surface area contributed by atoms with Gasteiger partial charge in [-0.2, -0.15) is 8.78 Å². The number of aliphatic hydroxyl groups is 1. The minimum atomic E-state index is -2.77. The van der Waals surface area contributed by atoms with Crippen LogP contribution in [0.5, 0.6) is 0 Å². The molecule has 78 valence electrons. The van der Waals surface area contributed by atoms with Crippen LogP contribution in [0.15, 0.2) is 22.7 Å². The predicted molar refractivity (Wildman–Crippen MR) is 50.9 cm³/mol. The lowest BCUT2D eigenvalue weighted by Crippen LogP contribution is -1.99. The average Bonchev–Trinajstić information content (AvgIpc) is 2.14. The first kappa shape index (κ1) is 11.6. The molecule has 0 unspecified atom stereocenters. The second kappa shape index (κ2) is 5.38. The van der Waals surface area contributed by atoms with E-state index in [4.69, 9.17) is 5.11 Å². The van der Waals surface area contributed by atoms with Gasteiger partial charge >= 0.3 is 6.61 Å². The van der Waals surface area contributed by atoms with Crippen molar-refractivity contribution in [2.45, 2.75) is 19.8 Å². The molecule has 0 aliphatic rings. The van der Waals surface area contributed by atoms with Crippen molar-refractivity contribution in [1.82, 2.24) is 0 Å². The number of hydrogen-bond donors (Lipinski definition) is 1. The molecule has 0 spiro atoms. The van der Waals surface area contributed by atoms with Crippen molar-refractivity contribution in [1.29, 1.82) is 0 Å². The van der Waals surface area contributed by atoms with E-state index in [0.717, 1.165) is 4.47 Å². The third-order valence-electron chi connectivity index (χ3n) is 1.58. The van der Waals surface area contributed by atoms with Crippen LogP contribution in [0.4, 0.5) is 8.78 Å². The lowest BCUT2D eigenvalue weighted by Gasteiger charge is -2.05. The molecule has 0 aliphatic carbocycles. The van der Waals surface area contributed by atoms with Gasteiger partial charge in [0.1, 0.15) is 0 Å². The SMILES string of the molecule is OCc1cc(Br)cc(COC(F)F)c1. The molecular weight excluding hydrogens is 258 g/mol. The number of hydrogen-bond acceptors (Lipinski definition) is 2. The molecule has 0 amide bonds. The van der Waals surface area contributed by atoms with Crippen LogP contribution in [0.3, 0.4) is 0 Å². The van der Waals surface area contributed by atoms with Crippen molar-refractivity contribution in [3.05, 3.63) is 33.8 Å². The van der Waals surface area contributed by atoms with Crippen molar-refractivity contribution in [2.24, 2.45) is 0 Å². The van der Waals surface area contributed by atoms with E-state index in [2.05, 4.69) is 20.7 Å². The van der Waals surface area contributed by atoms with Gasteiger partial charge in [-0.1, -0.05) is 22.0 Å². The fourth-order valence-corrected chi connectivity index (χ4v) is 1.64. The molecule has 0 aromatic heterocycles. The van der Waals surface area contributed by atoms with Gasteiger partial charge < -0.3 is 9.84 Å². The summed E-state index contributed by atoms with van der Waals surface area (Å²) in [6, 6.07) is 5.00. The number of alkyl halides is 2. The molecule has 0 radical (unpaired) electrons. The van der Waals surface area contributed by atoms with Gasteiger partial charge in [0.25, 0.3) is 0 Å². The van der Waals surface area contributed by atoms with Crippen LogP contribution in [-0.2, 0) is 18.0 Å². The monoisotopic (exact) mass is 266 g/mol. The minimum absolute atomic E-state index is 0.124. The first-order chi connectivity index (χ1) is 6.61. The fraction of sp³-hybridized carbons (Fsp3) is 0.333. The molecule has 0 saturated heterocycles. The molecule has 0 atom stereocenters. The molecule has 2 nitrogen and oxygen atoms in total. The van der Waals surface area contributed by atoms with Crippen molar-refractivity contribution in [2.75, 3.05) is 0 Å². The molecule has 0 aliphatic heterocycles. The number of aliphatic hydroxyl groups excluding tert-OH is 1. The van der Waals surface area contributed by atoms with E-state index in [0.29, 0.717) is 11.1 Å². The largest absolute Gasteiger partial charge is 0.392 e. The van der Waals surface area contributed by atoms with Crippen molar-refractivity contribution in [3.8, 4) is 0 Å². The van der Waals surface area contributed by atoms with E-state index in [9.17, 15) is 8.78 Å². The Kier molecular flexibility index (Phi) is 4.44. The summed E-state index contributed by atoms with van der Waals surface area (Å²) in [7, 11) is 0. The van der Waals surface area contributed by atoms with Crippen molar-refractivity contribution < 1.29 is 18.6 Å². The molecule has 14 heavy (non-hydrogen) atoms. The third-order valence-corrected chi connectivity index (χ3v) is 2.03. The lowest BCUT2D eigenvalue weighted by atomic mass is 10.1. The van der Waals surface area contributed by atoms with Crippen LogP contribution in [0.25, 0.3) is 0 Å². The predicted octanol–water partition coefficient (Wildman–Crippen LogP) is 2.68. The second-order valence-corrected chi connectivity index (χ2v) is 3.61. The summed E-state index contributed by atoms with van der Waals surface area (Å²) in [5.41, 5.74) is 1.26. The minimum Gasteiger partial charge on any atom is -0.392 e. The van der Waals surface area contributed by atoms with Crippen molar-refractivity contribution >= 4 is 15.9 Å². The number of benzene rings is 1. The normalized spacial score (nSPS) is 10.9. The summed E-state index contributed by atoms with van der Waals surface area (Å²) >= 11 is 3.21. The van der Waals surface area contributed by atoms with Crippen LogP contribution in [0.2, 0.25) is 0 Å². The average molecular weight is 267 g/mol. The Hall–Kier alpha value is -0.520. The maximum Gasteiger partial charge on any atom is 0.345 e. The highest BCUT2D eigenvalue weighted by molar-refractivity contribution is 9.10. The van der Waals surface area contributed by atoms with Gasteiger partial charge in [0.2, 0.25) is 0 Å². The smallest absolute Gasteiger partial charge is 0.345 e. The summed E-state index contributed by atoms with van der Waals surface area (Å²) in [6.07, 6.45) is 0. The van der Waals surface area contributed by atoms with Gasteiger partial charge in [0.15, 0.2) is 0 Å². The van der Waals surface area contributed by atoms with Crippen LogP contribution in [-0.4, -0.2) is 11.7 Å². The zero-order chi connectivity index (χ0) is 10.6. The molecule has 5 heteroatoms. The van der Waals surface area contributed by atoms with Gasteiger partial charge in [-0.05, 0) is 23.3 Å². The van der Waals surface area contributed by atoms with E-state index < -0.39 is 6.61 Å². The van der Waals surface area contributed by atoms with E-state index in [1.165, 1.54) is 0 Å². The van der Waals surface area contributed by atoms with Crippen LogP contribution in [0, 0.1) is 0 Å². The second-order valence-electron chi connectivity index (χ2n) is 2.70. The molecule has 0 bridgehead atoms. The third kappa shape index (κ3) is 3.69. The lowest BCUT2D eigenvalue weighted by molar-refractivity contribution is -0.137. The summed E-state index contributed by atoms with van der Waals surface area (Å²) in [5, 5.41) is 8.85. The Labute approximate surface area is 88.6 Å². The van der Waals surface area contributed by atoms with Gasteiger partial charge in [0, 0.05) is 4.47 Å². The zero-order valence-corrected chi connectivity index (χ0v) is 8.80. The van der Waals surface area contributed by atoms with Crippen LogP contribution in [0.1, 0.15) is 11.1 Å². The van der Waals surface area contributed by atoms with Gasteiger partial charge in [-0.3, -0.25) is 0 Å². The molecule has 0 saturated carbocycles. The summed E-state index contributed by atoms with van der Waals surface area (Å²) in [6.45, 7) is -3.06. The standard InChI is InChI=1S/C9H9BrF2O2/c10-8-2-6(4-13)1-7(3-8)5-14-9(11)12/h1-3,9,13H,4-5H2. The molecular formula is C9H9BrF2O2. The van der Waals surface area contributed by atoms with E-state index in [1.807, 2.05) is 0 Å². The van der Waals surface area contributed by atoms with Crippen molar-refractivity contribution in [3.63, 3.8) is 0 Å².